The molecule has 2 aliphatic carbocycles. The zero-order chi connectivity index (χ0) is 26.1. The van der Waals surface area contributed by atoms with E-state index < -0.39 is 0 Å². The van der Waals surface area contributed by atoms with Gasteiger partial charge in [-0.2, -0.15) is 0 Å². The van der Waals surface area contributed by atoms with Crippen LogP contribution in [-0.4, -0.2) is 30.5 Å². The van der Waals surface area contributed by atoms with Crippen LogP contribution in [0.1, 0.15) is 120 Å². The summed E-state index contributed by atoms with van der Waals surface area (Å²) in [5, 5.41) is 6.79. The number of aryl methyl sites for hydroxylation is 1. The Labute approximate surface area is 225 Å². The largest absolute Gasteiger partial charge is 0.370 e. The van der Waals surface area contributed by atoms with Gasteiger partial charge in [0.2, 0.25) is 5.91 Å². The van der Waals surface area contributed by atoms with Crippen LogP contribution in [0.15, 0.2) is 29.3 Å². The molecular weight excluding hydrogens is 458 g/mol. The molecule has 0 aliphatic heterocycles. The Bertz CT molecular complexity index is 777. The lowest BCUT2D eigenvalue weighted by atomic mass is 9.85. The first-order valence-corrected chi connectivity index (χ1v) is 15.3. The van der Waals surface area contributed by atoms with Crippen molar-refractivity contribution in [2.24, 2.45) is 22.4 Å². The Morgan fingerprint density at radius 3 is 2.19 bits per heavy atom. The van der Waals surface area contributed by atoms with Crippen LogP contribution in [0.4, 0.5) is 0 Å². The van der Waals surface area contributed by atoms with Gasteiger partial charge in [0, 0.05) is 19.1 Å². The van der Waals surface area contributed by atoms with Crippen molar-refractivity contribution in [3.05, 3.63) is 35.4 Å². The van der Waals surface area contributed by atoms with E-state index in [0.29, 0.717) is 19.1 Å². The van der Waals surface area contributed by atoms with Crippen LogP contribution in [0, 0.1) is 5.92 Å². The van der Waals surface area contributed by atoms with Crippen molar-refractivity contribution < 1.29 is 4.79 Å². The van der Waals surface area contributed by atoms with Gasteiger partial charge in [-0.05, 0) is 55.6 Å². The fourth-order valence-corrected chi connectivity index (χ4v) is 6.08. The van der Waals surface area contributed by atoms with Crippen LogP contribution in [0.25, 0.3) is 0 Å². The number of guanidine groups is 1. The number of amides is 1. The minimum absolute atomic E-state index is 0.0765. The van der Waals surface area contributed by atoms with Crippen molar-refractivity contribution in [2.75, 3.05) is 6.54 Å². The number of hydrogen-bond acceptors (Lipinski definition) is 3. The van der Waals surface area contributed by atoms with Crippen LogP contribution in [0.2, 0.25) is 0 Å². The predicted molar refractivity (Wildman–Crippen MR) is 155 cm³/mol. The van der Waals surface area contributed by atoms with E-state index in [-0.39, 0.29) is 17.9 Å². The Balaban J connectivity index is 1.34. The molecule has 0 spiro atoms. The number of nitrogens with one attached hydrogen (secondary N) is 2. The number of hydrogen-bond donors (Lipinski definition) is 4. The van der Waals surface area contributed by atoms with E-state index in [4.69, 9.17) is 11.5 Å². The van der Waals surface area contributed by atoms with E-state index in [9.17, 15) is 4.79 Å². The Kier molecular flexibility index (Phi) is 13.9. The van der Waals surface area contributed by atoms with Crippen LogP contribution in [0.5, 0.6) is 0 Å². The maximum atomic E-state index is 13.1. The molecule has 3 rings (SSSR count). The van der Waals surface area contributed by atoms with Gasteiger partial charge in [0.1, 0.15) is 0 Å². The monoisotopic (exact) mass is 511 g/mol. The lowest BCUT2D eigenvalue weighted by molar-refractivity contribution is -0.123. The van der Waals surface area contributed by atoms with Gasteiger partial charge in [-0.3, -0.25) is 9.79 Å². The van der Waals surface area contributed by atoms with Crippen LogP contribution in [0.3, 0.4) is 0 Å². The molecule has 37 heavy (non-hydrogen) atoms. The molecule has 1 aromatic rings. The first-order chi connectivity index (χ1) is 18.1. The van der Waals surface area contributed by atoms with Gasteiger partial charge in [-0.25, -0.2) is 0 Å². The highest BCUT2D eigenvalue weighted by Crippen LogP contribution is 2.28. The smallest absolute Gasteiger partial charge is 0.237 e. The summed E-state index contributed by atoms with van der Waals surface area (Å²) in [6.45, 7) is 1.12. The molecular formula is C31H53N5O. The summed E-state index contributed by atoms with van der Waals surface area (Å²) < 4.78 is 0. The standard InChI is InChI=1S/C31H53N5O/c32-31(33)34-23-11-18-29(36-28-16-9-4-10-17-28)30(37)35-24-27-21-19-26(20-22-27)15-6-2-1-5-12-25-13-7-3-8-14-25/h19-22,25,28-29,36H,1-18,23-24H2,(H,35,37)(H4,32,33,34)/t29-/m0/s1. The SMILES string of the molecule is NC(N)=NCCC[C@H](NC1CCCCC1)C(=O)NCc1ccc(CCCCCCC2CCCCC2)cc1. The van der Waals surface area contributed by atoms with Gasteiger partial charge in [-0.1, -0.05) is 101 Å². The van der Waals surface area contributed by atoms with E-state index >= 15 is 0 Å². The van der Waals surface area contributed by atoms with Crippen molar-refractivity contribution in [3.8, 4) is 0 Å². The van der Waals surface area contributed by atoms with Crippen LogP contribution >= 0.6 is 0 Å². The molecule has 6 heteroatoms. The van der Waals surface area contributed by atoms with Gasteiger partial charge in [0.25, 0.3) is 0 Å². The second kappa shape index (κ2) is 17.4. The van der Waals surface area contributed by atoms with Crippen LogP contribution < -0.4 is 22.1 Å². The first kappa shape index (κ1) is 29.5. The Morgan fingerprint density at radius 2 is 1.49 bits per heavy atom. The molecule has 0 radical (unpaired) electrons. The summed E-state index contributed by atoms with van der Waals surface area (Å²) in [6, 6.07) is 9.03. The van der Waals surface area contributed by atoms with Crippen molar-refractivity contribution in [1.82, 2.24) is 10.6 Å². The Hall–Kier alpha value is -2.08. The molecule has 1 atom stereocenters. The number of aliphatic imine (C=N–C) groups is 1. The lowest BCUT2D eigenvalue weighted by Gasteiger charge is -2.28. The number of nitrogens with zero attached hydrogens (tertiary/aromatic N) is 1. The molecule has 0 unspecified atom stereocenters. The number of unbranched alkanes of at least 4 members (excludes halogenated alkanes) is 3. The zero-order valence-corrected chi connectivity index (χ0v) is 23.2. The molecule has 2 fully saturated rings. The van der Waals surface area contributed by atoms with Crippen molar-refractivity contribution >= 4 is 11.9 Å². The molecule has 1 amide bonds. The molecule has 0 heterocycles. The minimum atomic E-state index is -0.199. The highest BCUT2D eigenvalue weighted by atomic mass is 16.2. The van der Waals surface area contributed by atoms with Gasteiger partial charge in [-0.15, -0.1) is 0 Å². The molecule has 0 aromatic heterocycles. The summed E-state index contributed by atoms with van der Waals surface area (Å²) in [6.07, 6.45) is 22.9. The van der Waals surface area contributed by atoms with Gasteiger partial charge in [0.15, 0.2) is 5.96 Å². The summed E-state index contributed by atoms with van der Waals surface area (Å²) in [7, 11) is 0. The van der Waals surface area contributed by atoms with E-state index in [2.05, 4.69) is 39.9 Å². The third kappa shape index (κ3) is 12.3. The predicted octanol–water partition coefficient (Wildman–Crippen LogP) is 5.72. The molecule has 1 aromatic carbocycles. The van der Waals surface area contributed by atoms with Crippen molar-refractivity contribution in [2.45, 2.75) is 134 Å². The number of carbonyl (C=O) groups excluding carboxylic acids is 1. The second-order valence-corrected chi connectivity index (χ2v) is 11.5. The summed E-state index contributed by atoms with van der Waals surface area (Å²) in [5.74, 6) is 1.21. The van der Waals surface area contributed by atoms with E-state index in [1.165, 1.54) is 89.0 Å². The molecule has 2 saturated carbocycles. The number of nitrogens with two attached hydrogens (primary N) is 2. The minimum Gasteiger partial charge on any atom is -0.370 e. The third-order valence-corrected chi connectivity index (χ3v) is 8.35. The highest BCUT2D eigenvalue weighted by molar-refractivity contribution is 5.81. The van der Waals surface area contributed by atoms with E-state index in [0.717, 1.165) is 43.6 Å². The number of carbonyl (C=O) groups is 1. The maximum Gasteiger partial charge on any atom is 0.237 e. The number of rotatable bonds is 16. The average molecular weight is 512 g/mol. The lowest BCUT2D eigenvalue weighted by Crippen LogP contribution is -2.48. The van der Waals surface area contributed by atoms with Gasteiger partial charge in [0.05, 0.1) is 6.04 Å². The second-order valence-electron chi connectivity index (χ2n) is 11.5. The number of benzene rings is 1. The van der Waals surface area contributed by atoms with Gasteiger partial charge < -0.3 is 22.1 Å². The quantitative estimate of drug-likeness (QED) is 0.129. The zero-order valence-electron chi connectivity index (χ0n) is 23.2. The molecule has 6 N–H and O–H groups in total. The average Bonchev–Trinajstić information content (AvgIpc) is 2.92. The fourth-order valence-electron chi connectivity index (χ4n) is 6.08. The first-order valence-electron chi connectivity index (χ1n) is 15.3. The summed E-state index contributed by atoms with van der Waals surface area (Å²) in [4.78, 5) is 17.1. The van der Waals surface area contributed by atoms with E-state index in [1.807, 2.05) is 0 Å². The van der Waals surface area contributed by atoms with E-state index in [1.54, 1.807) is 0 Å². The fraction of sp³-hybridized carbons (Fsp3) is 0.742. The van der Waals surface area contributed by atoms with Gasteiger partial charge >= 0.3 is 0 Å². The molecule has 2 aliphatic rings. The van der Waals surface area contributed by atoms with Crippen LogP contribution in [-0.2, 0) is 17.8 Å². The highest BCUT2D eigenvalue weighted by Gasteiger charge is 2.23. The Morgan fingerprint density at radius 1 is 0.838 bits per heavy atom. The maximum absolute atomic E-state index is 13.1. The topological polar surface area (TPSA) is 106 Å². The molecule has 0 saturated heterocycles. The molecule has 208 valence electrons. The molecule has 0 bridgehead atoms. The van der Waals surface area contributed by atoms with Crippen molar-refractivity contribution in [1.29, 1.82) is 0 Å². The third-order valence-electron chi connectivity index (χ3n) is 8.35. The van der Waals surface area contributed by atoms with Crippen molar-refractivity contribution in [3.63, 3.8) is 0 Å². The molecule has 6 nitrogen and oxygen atoms in total. The summed E-state index contributed by atoms with van der Waals surface area (Å²) in [5.41, 5.74) is 13.4. The summed E-state index contributed by atoms with van der Waals surface area (Å²) >= 11 is 0. The normalized spacial score (nSPS) is 17.8.